The summed E-state index contributed by atoms with van der Waals surface area (Å²) in [6.45, 7) is -0.417. The summed E-state index contributed by atoms with van der Waals surface area (Å²) in [4.78, 5) is 0. The van der Waals surface area contributed by atoms with Gasteiger partial charge in [0, 0.05) is 0 Å². The van der Waals surface area contributed by atoms with E-state index < -0.39 is 31.0 Å². The summed E-state index contributed by atoms with van der Waals surface area (Å²) in [5, 5.41) is 36.2. The van der Waals surface area contributed by atoms with Crippen LogP contribution in [0.4, 0.5) is 0 Å². The van der Waals surface area contributed by atoms with Crippen molar-refractivity contribution in [3.63, 3.8) is 0 Å². The van der Waals surface area contributed by atoms with Crippen LogP contribution in [0, 0.1) is 5.01 Å². The highest BCUT2D eigenvalue weighted by Crippen LogP contribution is 2.29. The topological polar surface area (TPSA) is 90.2 Å². The summed E-state index contributed by atoms with van der Waals surface area (Å²) in [6, 6.07) is 0. The highest BCUT2D eigenvalue weighted by molar-refractivity contribution is 9.11. The van der Waals surface area contributed by atoms with Gasteiger partial charge in [0.05, 0.1) is 6.61 Å². The van der Waals surface area contributed by atoms with E-state index in [-0.39, 0.29) is 5.01 Å². The van der Waals surface area contributed by atoms with Gasteiger partial charge in [-0.1, -0.05) is 0 Å². The van der Waals surface area contributed by atoms with Crippen LogP contribution in [0.3, 0.4) is 0 Å². The van der Waals surface area contributed by atoms with Crippen molar-refractivity contribution in [2.45, 2.75) is 24.4 Å². The number of halogens is 1. The van der Waals surface area contributed by atoms with Crippen LogP contribution in [0.5, 0.6) is 0 Å². The molecule has 0 unspecified atom stereocenters. The first-order chi connectivity index (χ1) is 5.57. The second-order valence-electron chi connectivity index (χ2n) is 2.57. The van der Waals surface area contributed by atoms with Crippen molar-refractivity contribution >= 4 is 15.9 Å². The minimum absolute atomic E-state index is 0.0272. The van der Waals surface area contributed by atoms with E-state index in [1.54, 1.807) is 0 Å². The number of hydrogen-bond donors (Lipinski definition) is 4. The zero-order valence-electron chi connectivity index (χ0n) is 6.09. The summed E-state index contributed by atoms with van der Waals surface area (Å²) in [5.41, 5.74) is 0. The third kappa shape index (κ3) is 1.78. The zero-order chi connectivity index (χ0) is 9.30. The van der Waals surface area contributed by atoms with Crippen molar-refractivity contribution in [3.8, 4) is 0 Å². The Kier molecular flexibility index (Phi) is 3.45. The van der Waals surface area contributed by atoms with Gasteiger partial charge in [0.1, 0.15) is 24.4 Å². The molecule has 0 amide bonds. The number of rotatable bonds is 1. The molecule has 1 radical (unpaired) electrons. The maximum absolute atomic E-state index is 9.20. The fraction of sp³-hybridized carbons (Fsp3) is 0.833. The van der Waals surface area contributed by atoms with Gasteiger partial charge in [-0.05, 0) is 15.9 Å². The predicted octanol–water partition coefficient (Wildman–Crippen LogP) is -1.66. The molecular weight excluding hydrogens is 232 g/mol. The third-order valence-electron chi connectivity index (χ3n) is 1.73. The molecule has 1 aliphatic heterocycles. The molecule has 5 nitrogen and oxygen atoms in total. The maximum atomic E-state index is 9.20. The van der Waals surface area contributed by atoms with Crippen molar-refractivity contribution in [1.29, 1.82) is 0 Å². The number of hydrogen-bond acceptors (Lipinski definition) is 5. The van der Waals surface area contributed by atoms with E-state index in [1.807, 2.05) is 0 Å². The lowest BCUT2D eigenvalue weighted by atomic mass is 10.0. The van der Waals surface area contributed by atoms with Gasteiger partial charge in [0.2, 0.25) is 0 Å². The molecule has 4 atom stereocenters. The highest BCUT2D eigenvalue weighted by Gasteiger charge is 2.42. The van der Waals surface area contributed by atoms with Gasteiger partial charge >= 0.3 is 0 Å². The Morgan fingerprint density at radius 1 is 1.25 bits per heavy atom. The second kappa shape index (κ2) is 3.99. The lowest BCUT2D eigenvalue weighted by Crippen LogP contribution is -2.54. The first kappa shape index (κ1) is 10.4. The Bertz CT molecular complexity index is 150. The SMILES string of the molecule is OC[C@H]1O[C](Br)[C@H](O)[C@@H](O)[C@H]1O. The minimum atomic E-state index is -1.33. The van der Waals surface area contributed by atoms with Crippen LogP contribution >= 0.6 is 15.9 Å². The van der Waals surface area contributed by atoms with E-state index in [0.29, 0.717) is 0 Å². The zero-order valence-corrected chi connectivity index (χ0v) is 7.68. The fourth-order valence-electron chi connectivity index (χ4n) is 0.970. The van der Waals surface area contributed by atoms with Crippen LogP contribution in [0.2, 0.25) is 0 Å². The first-order valence-electron chi connectivity index (χ1n) is 3.42. The summed E-state index contributed by atoms with van der Waals surface area (Å²) < 4.78 is 4.85. The predicted molar refractivity (Wildman–Crippen MR) is 42.1 cm³/mol. The molecule has 0 spiro atoms. The molecule has 0 aromatic carbocycles. The van der Waals surface area contributed by atoms with Crippen LogP contribution in [0.15, 0.2) is 0 Å². The molecule has 71 valence electrons. The molecule has 0 saturated carbocycles. The quantitative estimate of drug-likeness (QED) is 0.442. The molecule has 4 N–H and O–H groups in total. The molecule has 1 aliphatic rings. The summed E-state index contributed by atoms with van der Waals surface area (Å²) >= 11 is 2.86. The standard InChI is InChI=1S/C6H10BrO5/c7-6-5(11)4(10)3(9)2(1-8)12-6/h2-5,8-11H,1H2/t2-,3+,4+,5-/m1/s1. The molecular formula is C6H10BrO5. The van der Waals surface area contributed by atoms with E-state index in [2.05, 4.69) is 15.9 Å². The number of aliphatic hydroxyl groups is 4. The number of aliphatic hydroxyl groups excluding tert-OH is 4. The molecule has 1 fully saturated rings. The van der Waals surface area contributed by atoms with Gasteiger partial charge in [-0.3, -0.25) is 0 Å². The van der Waals surface area contributed by atoms with Gasteiger partial charge in [-0.25, -0.2) is 0 Å². The normalized spacial score (nSPS) is 44.8. The fourth-order valence-corrected chi connectivity index (χ4v) is 1.48. The van der Waals surface area contributed by atoms with Crippen LogP contribution in [0.25, 0.3) is 0 Å². The van der Waals surface area contributed by atoms with Crippen molar-refractivity contribution < 1.29 is 25.2 Å². The van der Waals surface area contributed by atoms with E-state index in [4.69, 9.17) is 14.9 Å². The van der Waals surface area contributed by atoms with Crippen LogP contribution in [-0.2, 0) is 4.74 Å². The molecule has 0 bridgehead atoms. The Morgan fingerprint density at radius 2 is 1.83 bits per heavy atom. The average Bonchev–Trinajstić information content (AvgIpc) is 2.08. The van der Waals surface area contributed by atoms with Crippen molar-refractivity contribution in [1.82, 2.24) is 0 Å². The number of ether oxygens (including phenoxy) is 1. The largest absolute Gasteiger partial charge is 0.394 e. The highest BCUT2D eigenvalue weighted by atomic mass is 79.9. The first-order valence-corrected chi connectivity index (χ1v) is 4.21. The van der Waals surface area contributed by atoms with Gasteiger partial charge in [-0.2, -0.15) is 0 Å². The molecule has 0 aliphatic carbocycles. The Hall–Kier alpha value is 0.280. The monoisotopic (exact) mass is 241 g/mol. The van der Waals surface area contributed by atoms with Crippen molar-refractivity contribution in [2.75, 3.05) is 6.61 Å². The van der Waals surface area contributed by atoms with E-state index in [0.717, 1.165) is 0 Å². The molecule has 12 heavy (non-hydrogen) atoms. The molecule has 0 aromatic heterocycles. The van der Waals surface area contributed by atoms with Crippen LogP contribution in [0.1, 0.15) is 0 Å². The Balaban J connectivity index is 2.63. The van der Waals surface area contributed by atoms with Crippen molar-refractivity contribution in [3.05, 3.63) is 5.01 Å². The molecule has 6 heteroatoms. The van der Waals surface area contributed by atoms with Gasteiger partial charge in [-0.15, -0.1) is 0 Å². The lowest BCUT2D eigenvalue weighted by Gasteiger charge is -2.36. The smallest absolute Gasteiger partial charge is 0.192 e. The van der Waals surface area contributed by atoms with Gasteiger partial charge in [0.25, 0.3) is 0 Å². The van der Waals surface area contributed by atoms with E-state index >= 15 is 0 Å². The third-order valence-corrected chi connectivity index (χ3v) is 2.39. The van der Waals surface area contributed by atoms with E-state index in [9.17, 15) is 10.2 Å². The summed E-state index contributed by atoms with van der Waals surface area (Å²) in [6.07, 6.45) is -4.75. The maximum Gasteiger partial charge on any atom is 0.192 e. The molecule has 1 rings (SSSR count). The molecule has 1 heterocycles. The summed E-state index contributed by atoms with van der Waals surface area (Å²) in [5.74, 6) is 0. The lowest BCUT2D eigenvalue weighted by molar-refractivity contribution is -0.174. The average molecular weight is 242 g/mol. The van der Waals surface area contributed by atoms with Gasteiger partial charge in [0.15, 0.2) is 5.01 Å². The molecule has 1 saturated heterocycles. The van der Waals surface area contributed by atoms with Crippen LogP contribution < -0.4 is 0 Å². The van der Waals surface area contributed by atoms with E-state index in [1.165, 1.54) is 0 Å². The Morgan fingerprint density at radius 3 is 2.33 bits per heavy atom. The van der Waals surface area contributed by atoms with Crippen LogP contribution in [-0.4, -0.2) is 51.4 Å². The minimum Gasteiger partial charge on any atom is -0.394 e. The van der Waals surface area contributed by atoms with Crippen molar-refractivity contribution in [2.24, 2.45) is 0 Å². The molecule has 0 aromatic rings. The Labute approximate surface area is 77.7 Å². The van der Waals surface area contributed by atoms with Gasteiger partial charge < -0.3 is 25.2 Å². The summed E-state index contributed by atoms with van der Waals surface area (Å²) in [7, 11) is 0. The second-order valence-corrected chi connectivity index (χ2v) is 3.35.